The first kappa shape index (κ1) is 19.5. The number of carbonyl (C=O) groups is 3. The molecule has 0 aromatic carbocycles. The fourth-order valence-corrected chi connectivity index (χ4v) is 0.139. The predicted molar refractivity (Wildman–Crippen MR) is 44.2 cm³/mol. The van der Waals surface area contributed by atoms with Crippen LogP contribution in [0.25, 0.3) is 0 Å². The van der Waals surface area contributed by atoms with E-state index in [-0.39, 0.29) is 35.1 Å². The average Bonchev–Trinajstić information content (AvgIpc) is 2.01. The molecule has 0 amide bonds. The van der Waals surface area contributed by atoms with Crippen molar-refractivity contribution in [3.05, 3.63) is 24.3 Å². The summed E-state index contributed by atoms with van der Waals surface area (Å²) < 4.78 is 0. The van der Waals surface area contributed by atoms with Crippen LogP contribution >= 0.6 is 0 Å². The number of carbonyl (C=O) groups excluding carboxylic acids is 1. The molecular formula is C8H9NaO6. The quantitative estimate of drug-likeness (QED) is 0.373. The van der Waals surface area contributed by atoms with E-state index in [2.05, 4.69) is 6.58 Å². The molecule has 0 aliphatic heterocycles. The molecule has 78 valence electrons. The van der Waals surface area contributed by atoms with Crippen LogP contribution in [0.2, 0.25) is 0 Å². The second kappa shape index (κ2) is 11.0. The summed E-state index contributed by atoms with van der Waals surface area (Å²) in [4.78, 5) is 28.6. The number of carboxylic acids is 3. The second-order valence-corrected chi connectivity index (χ2v) is 2.08. The van der Waals surface area contributed by atoms with Gasteiger partial charge in [-0.05, 0) is 13.0 Å². The third-order valence-corrected chi connectivity index (χ3v) is 0.727. The Kier molecular flexibility index (Phi) is 14.2. The number of rotatable bonds is 3. The van der Waals surface area contributed by atoms with Crippen LogP contribution in [0.5, 0.6) is 0 Å². The molecule has 0 saturated heterocycles. The van der Waals surface area contributed by atoms with Crippen LogP contribution < -0.4 is 34.7 Å². The molecule has 0 atom stereocenters. The van der Waals surface area contributed by atoms with Gasteiger partial charge in [0.25, 0.3) is 0 Å². The summed E-state index contributed by atoms with van der Waals surface area (Å²) in [7, 11) is 0. The molecule has 2 N–H and O–H groups in total. The van der Waals surface area contributed by atoms with E-state index in [0.717, 1.165) is 0 Å². The molecule has 0 aliphatic carbocycles. The Morgan fingerprint density at radius 2 is 1.53 bits per heavy atom. The second-order valence-electron chi connectivity index (χ2n) is 2.08. The van der Waals surface area contributed by atoms with Crippen molar-refractivity contribution in [2.24, 2.45) is 0 Å². The Morgan fingerprint density at radius 3 is 1.60 bits per heavy atom. The van der Waals surface area contributed by atoms with Gasteiger partial charge >= 0.3 is 41.5 Å². The molecule has 7 heteroatoms. The fraction of sp³-hybridized carbons (Fsp3) is 0.125. The standard InChI is InChI=1S/C4H4O4.C4H6O2.Na/c5-3(6)1-2-4(7)8;1-3(2)4(5)6;/h1-2H,(H,5,6)(H,7,8);1H2,2H3,(H,5,6);/q;;+1/p-1/b2-1-;;. The monoisotopic (exact) mass is 224 g/mol. The van der Waals surface area contributed by atoms with Gasteiger partial charge in [-0.15, -0.1) is 0 Å². The van der Waals surface area contributed by atoms with Crippen LogP contribution in [0.3, 0.4) is 0 Å². The van der Waals surface area contributed by atoms with Gasteiger partial charge in [0, 0.05) is 11.6 Å². The van der Waals surface area contributed by atoms with Gasteiger partial charge in [0.05, 0.1) is 5.97 Å². The average molecular weight is 224 g/mol. The number of hydrogen-bond donors (Lipinski definition) is 2. The van der Waals surface area contributed by atoms with Crippen molar-refractivity contribution in [1.29, 1.82) is 0 Å². The number of hydrogen-bond acceptors (Lipinski definition) is 4. The molecule has 0 aromatic rings. The zero-order chi connectivity index (χ0) is 11.7. The summed E-state index contributed by atoms with van der Waals surface area (Å²) in [6, 6.07) is 0. The largest absolute Gasteiger partial charge is 1.00 e. The van der Waals surface area contributed by atoms with Crippen molar-refractivity contribution in [2.75, 3.05) is 0 Å². The van der Waals surface area contributed by atoms with Crippen LogP contribution in [0.15, 0.2) is 24.3 Å². The van der Waals surface area contributed by atoms with Crippen LogP contribution in [0.4, 0.5) is 0 Å². The van der Waals surface area contributed by atoms with Gasteiger partial charge < -0.3 is 20.1 Å². The first-order valence-corrected chi connectivity index (χ1v) is 3.28. The molecule has 0 saturated carbocycles. The van der Waals surface area contributed by atoms with E-state index in [9.17, 15) is 19.5 Å². The minimum atomic E-state index is -1.51. The summed E-state index contributed by atoms with van der Waals surface area (Å²) in [6.45, 7) is 4.60. The minimum Gasteiger partial charge on any atom is -0.545 e. The molecule has 0 bridgehead atoms. The van der Waals surface area contributed by atoms with Gasteiger partial charge in [-0.25, -0.2) is 9.59 Å². The molecular weight excluding hydrogens is 215 g/mol. The molecule has 0 heterocycles. The summed E-state index contributed by atoms with van der Waals surface area (Å²) in [5, 5.41) is 25.1. The Bertz CT molecular complexity index is 253. The number of carboxylic acid groups (broad SMARTS) is 3. The molecule has 0 spiro atoms. The molecule has 15 heavy (non-hydrogen) atoms. The Labute approximate surface area is 108 Å². The Balaban J connectivity index is -0.000000187. The van der Waals surface area contributed by atoms with Crippen LogP contribution in [-0.4, -0.2) is 28.1 Å². The maximum absolute atomic E-state index is 9.60. The van der Waals surface area contributed by atoms with Gasteiger partial charge in [-0.1, -0.05) is 6.58 Å². The van der Waals surface area contributed by atoms with Crippen molar-refractivity contribution in [1.82, 2.24) is 0 Å². The maximum Gasteiger partial charge on any atom is 1.00 e. The zero-order valence-corrected chi connectivity index (χ0v) is 10.4. The normalized spacial score (nSPS) is 8.07. The van der Waals surface area contributed by atoms with E-state index >= 15 is 0 Å². The van der Waals surface area contributed by atoms with Crippen LogP contribution in [0.1, 0.15) is 6.92 Å². The van der Waals surface area contributed by atoms with Crippen LogP contribution in [-0.2, 0) is 14.4 Å². The minimum absolute atomic E-state index is 0. The maximum atomic E-state index is 9.60. The van der Waals surface area contributed by atoms with Crippen LogP contribution in [0, 0.1) is 0 Å². The molecule has 0 aromatic heterocycles. The van der Waals surface area contributed by atoms with E-state index in [4.69, 9.17) is 10.2 Å². The van der Waals surface area contributed by atoms with Gasteiger partial charge in [0.2, 0.25) is 0 Å². The number of aliphatic carboxylic acids is 3. The van der Waals surface area contributed by atoms with Gasteiger partial charge in [-0.2, -0.15) is 0 Å². The van der Waals surface area contributed by atoms with Gasteiger partial charge in [0.15, 0.2) is 0 Å². The van der Waals surface area contributed by atoms with Crippen molar-refractivity contribution in [2.45, 2.75) is 6.92 Å². The van der Waals surface area contributed by atoms with E-state index in [1.54, 1.807) is 0 Å². The molecule has 0 aliphatic rings. The zero-order valence-electron chi connectivity index (χ0n) is 8.39. The smallest absolute Gasteiger partial charge is 0.545 e. The molecule has 0 fully saturated rings. The predicted octanol–water partition coefficient (Wildman–Crippen LogP) is -3.97. The fourth-order valence-electron chi connectivity index (χ4n) is 0.139. The van der Waals surface area contributed by atoms with Gasteiger partial charge in [0.1, 0.15) is 0 Å². The Morgan fingerprint density at radius 1 is 1.20 bits per heavy atom. The SMILES string of the molecule is C=C(C)C(=O)O.O=C([O-])/C=C\C(=O)O.[Na+]. The third-order valence-electron chi connectivity index (χ3n) is 0.727. The van der Waals surface area contributed by atoms with Crippen molar-refractivity contribution >= 4 is 17.9 Å². The van der Waals surface area contributed by atoms with Crippen molar-refractivity contribution < 1.29 is 59.3 Å². The van der Waals surface area contributed by atoms with E-state index < -0.39 is 17.9 Å². The first-order chi connectivity index (χ1) is 6.27. The van der Waals surface area contributed by atoms with E-state index in [1.165, 1.54) is 6.92 Å². The Hall–Kier alpha value is -1.11. The third kappa shape index (κ3) is 24.6. The summed E-state index contributed by atoms with van der Waals surface area (Å²) in [5.41, 5.74) is 0.176. The van der Waals surface area contributed by atoms with E-state index in [0.29, 0.717) is 12.2 Å². The molecule has 0 unspecified atom stereocenters. The summed E-state index contributed by atoms with van der Waals surface area (Å²) in [6.07, 6.45) is 0.942. The van der Waals surface area contributed by atoms with E-state index in [1.807, 2.05) is 0 Å². The summed E-state index contributed by atoms with van der Waals surface area (Å²) in [5.74, 6) is -3.74. The topological polar surface area (TPSA) is 115 Å². The molecule has 0 radical (unpaired) electrons. The van der Waals surface area contributed by atoms with Crippen molar-refractivity contribution in [3.8, 4) is 0 Å². The summed E-state index contributed by atoms with van der Waals surface area (Å²) >= 11 is 0. The van der Waals surface area contributed by atoms with Gasteiger partial charge in [-0.3, -0.25) is 0 Å². The molecule has 6 nitrogen and oxygen atoms in total. The first-order valence-electron chi connectivity index (χ1n) is 3.28. The van der Waals surface area contributed by atoms with Crippen molar-refractivity contribution in [3.63, 3.8) is 0 Å². The molecule has 0 rings (SSSR count).